The van der Waals surface area contributed by atoms with Crippen LogP contribution in [0.15, 0.2) is 36.9 Å². The molecule has 0 unspecified atom stereocenters. The smallest absolute Gasteiger partial charge is 0.200 e. The molecule has 2 atom stereocenters. The molecule has 7 heteroatoms. The molecule has 0 amide bonds. The summed E-state index contributed by atoms with van der Waals surface area (Å²) < 4.78 is 72.4. The summed E-state index contributed by atoms with van der Waals surface area (Å²) >= 11 is 0. The van der Waals surface area contributed by atoms with Gasteiger partial charge in [-0.2, -0.15) is 0 Å². The van der Waals surface area contributed by atoms with Crippen molar-refractivity contribution >= 4 is 0 Å². The highest BCUT2D eigenvalue weighted by atomic mass is 19.2. The zero-order valence-corrected chi connectivity index (χ0v) is 12.5. The Bertz CT molecular complexity index is 730. The maximum atomic E-state index is 13.8. The average molecular weight is 344 g/mol. The molecule has 0 bridgehead atoms. The summed E-state index contributed by atoms with van der Waals surface area (Å²) in [4.78, 5) is 0. The minimum atomic E-state index is -2.28. The Morgan fingerprint density at radius 2 is 1.38 bits per heavy atom. The summed E-state index contributed by atoms with van der Waals surface area (Å²) in [6.07, 6.45) is -0.856. The van der Waals surface area contributed by atoms with Crippen LogP contribution < -0.4 is 4.74 Å². The van der Waals surface area contributed by atoms with Gasteiger partial charge in [0.2, 0.25) is 5.82 Å². The molecule has 2 aromatic rings. The number of methoxy groups -OCH3 is 1. The second kappa shape index (κ2) is 7.00. The second-order valence-corrected chi connectivity index (χ2v) is 4.96. The standard InChI is InChI=1S/C17H13F5O2/c1-3-10(8-4-6-9(24-2)7-5-8)17(23)11-12(18)14(20)16(22)15(21)13(11)19/h3-7,10,17,23H,1H2,2H3/t10-,17+/m1/s1. The van der Waals surface area contributed by atoms with E-state index in [0.29, 0.717) is 11.3 Å². The summed E-state index contributed by atoms with van der Waals surface area (Å²) in [6.45, 7) is 3.45. The first-order valence-electron chi connectivity index (χ1n) is 6.79. The molecule has 0 aliphatic heterocycles. The van der Waals surface area contributed by atoms with Gasteiger partial charge in [-0.15, -0.1) is 6.58 Å². The van der Waals surface area contributed by atoms with Crippen molar-refractivity contribution in [1.29, 1.82) is 0 Å². The Kier molecular flexibility index (Phi) is 5.23. The van der Waals surface area contributed by atoms with Crippen molar-refractivity contribution < 1.29 is 31.8 Å². The number of aliphatic hydroxyl groups excluding tert-OH is 1. The summed E-state index contributed by atoms with van der Waals surface area (Å²) in [6, 6.07) is 6.02. The predicted octanol–water partition coefficient (Wildman–Crippen LogP) is 4.39. The number of benzene rings is 2. The van der Waals surface area contributed by atoms with Crippen LogP contribution in [-0.2, 0) is 0 Å². The van der Waals surface area contributed by atoms with E-state index in [2.05, 4.69) is 6.58 Å². The fourth-order valence-corrected chi connectivity index (χ4v) is 2.33. The number of hydrogen-bond donors (Lipinski definition) is 1. The van der Waals surface area contributed by atoms with Crippen LogP contribution in [0.1, 0.15) is 23.1 Å². The molecule has 0 fully saturated rings. The Labute approximate surface area is 134 Å². The lowest BCUT2D eigenvalue weighted by Gasteiger charge is -2.22. The van der Waals surface area contributed by atoms with E-state index < -0.39 is 46.7 Å². The van der Waals surface area contributed by atoms with Crippen LogP contribution in [0, 0.1) is 29.1 Å². The molecule has 2 rings (SSSR count). The molecule has 2 nitrogen and oxygen atoms in total. The van der Waals surface area contributed by atoms with Crippen LogP contribution in [0.25, 0.3) is 0 Å². The molecule has 1 N–H and O–H groups in total. The molecule has 128 valence electrons. The van der Waals surface area contributed by atoms with E-state index in [1.165, 1.54) is 31.4 Å². The molecule has 0 saturated carbocycles. The lowest BCUT2D eigenvalue weighted by atomic mass is 9.88. The minimum absolute atomic E-state index is 0.363. The van der Waals surface area contributed by atoms with Crippen LogP contribution in [0.3, 0.4) is 0 Å². The maximum absolute atomic E-state index is 13.8. The molecule has 0 saturated heterocycles. The third kappa shape index (κ3) is 2.99. The first kappa shape index (κ1) is 17.9. The van der Waals surface area contributed by atoms with E-state index in [4.69, 9.17) is 4.74 Å². The Morgan fingerprint density at radius 1 is 0.917 bits per heavy atom. The van der Waals surface area contributed by atoms with Crippen molar-refractivity contribution in [3.8, 4) is 5.75 Å². The van der Waals surface area contributed by atoms with Gasteiger partial charge in [0.1, 0.15) is 5.75 Å². The Morgan fingerprint density at radius 3 is 1.79 bits per heavy atom. The first-order chi connectivity index (χ1) is 11.3. The molecule has 2 aromatic carbocycles. The number of rotatable bonds is 5. The van der Waals surface area contributed by atoms with Crippen LogP contribution in [0.5, 0.6) is 5.75 Å². The van der Waals surface area contributed by atoms with E-state index in [1.54, 1.807) is 0 Å². The van der Waals surface area contributed by atoms with Gasteiger partial charge in [0.15, 0.2) is 23.3 Å². The van der Waals surface area contributed by atoms with Crippen molar-refractivity contribution in [3.63, 3.8) is 0 Å². The molecule has 0 aromatic heterocycles. The quantitative estimate of drug-likeness (QED) is 0.377. The largest absolute Gasteiger partial charge is 0.497 e. The van der Waals surface area contributed by atoms with Crippen molar-refractivity contribution in [2.75, 3.05) is 7.11 Å². The van der Waals surface area contributed by atoms with Crippen molar-refractivity contribution in [2.45, 2.75) is 12.0 Å². The molecule has 24 heavy (non-hydrogen) atoms. The number of aliphatic hydroxyl groups is 1. The van der Waals surface area contributed by atoms with Crippen molar-refractivity contribution in [3.05, 3.63) is 77.1 Å². The zero-order chi connectivity index (χ0) is 18.0. The van der Waals surface area contributed by atoms with Gasteiger partial charge in [-0.05, 0) is 17.7 Å². The lowest BCUT2D eigenvalue weighted by Crippen LogP contribution is -2.16. The maximum Gasteiger partial charge on any atom is 0.200 e. The monoisotopic (exact) mass is 344 g/mol. The Hall–Kier alpha value is -2.41. The molecule has 0 radical (unpaired) electrons. The van der Waals surface area contributed by atoms with Gasteiger partial charge in [0.25, 0.3) is 0 Å². The second-order valence-electron chi connectivity index (χ2n) is 4.96. The van der Waals surface area contributed by atoms with E-state index in [0.717, 1.165) is 6.08 Å². The topological polar surface area (TPSA) is 29.5 Å². The first-order valence-corrected chi connectivity index (χ1v) is 6.79. The molecule has 0 heterocycles. The van der Waals surface area contributed by atoms with Gasteiger partial charge >= 0.3 is 0 Å². The predicted molar refractivity (Wildman–Crippen MR) is 77.1 cm³/mol. The van der Waals surface area contributed by atoms with Gasteiger partial charge in [0.05, 0.1) is 18.8 Å². The van der Waals surface area contributed by atoms with Gasteiger partial charge in [-0.3, -0.25) is 0 Å². The normalized spacial score (nSPS) is 13.5. The van der Waals surface area contributed by atoms with Gasteiger partial charge in [0, 0.05) is 5.92 Å². The van der Waals surface area contributed by atoms with E-state index in [1.807, 2.05) is 0 Å². The van der Waals surface area contributed by atoms with Crippen molar-refractivity contribution in [1.82, 2.24) is 0 Å². The number of hydrogen-bond acceptors (Lipinski definition) is 2. The highest BCUT2D eigenvalue weighted by Crippen LogP contribution is 2.37. The van der Waals surface area contributed by atoms with Crippen LogP contribution in [0.4, 0.5) is 22.0 Å². The third-order valence-electron chi connectivity index (χ3n) is 3.63. The van der Waals surface area contributed by atoms with Crippen LogP contribution >= 0.6 is 0 Å². The van der Waals surface area contributed by atoms with Gasteiger partial charge in [-0.25, -0.2) is 22.0 Å². The third-order valence-corrected chi connectivity index (χ3v) is 3.63. The Balaban J connectivity index is 2.52. The zero-order valence-electron chi connectivity index (χ0n) is 12.5. The SMILES string of the molecule is C=C[C@H](c1ccc(OC)cc1)[C@H](O)c1c(F)c(F)c(F)c(F)c1F. The number of halogens is 5. The lowest BCUT2D eigenvalue weighted by molar-refractivity contribution is 0.148. The molecule has 0 aliphatic carbocycles. The van der Waals surface area contributed by atoms with Crippen LogP contribution in [0.2, 0.25) is 0 Å². The molecular weight excluding hydrogens is 331 g/mol. The molecular formula is C17H13F5O2. The average Bonchev–Trinajstić information content (AvgIpc) is 2.59. The summed E-state index contributed by atoms with van der Waals surface area (Å²) in [5, 5.41) is 10.2. The molecule has 0 spiro atoms. The van der Waals surface area contributed by atoms with Gasteiger partial charge in [-0.1, -0.05) is 18.2 Å². The van der Waals surface area contributed by atoms with Gasteiger partial charge < -0.3 is 9.84 Å². The fraction of sp³-hybridized carbons (Fsp3) is 0.176. The summed E-state index contributed by atoms with van der Waals surface area (Å²) in [5.41, 5.74) is -0.936. The fourth-order valence-electron chi connectivity index (χ4n) is 2.33. The molecule has 0 aliphatic rings. The highest BCUT2D eigenvalue weighted by molar-refractivity contribution is 5.35. The van der Waals surface area contributed by atoms with Crippen molar-refractivity contribution in [2.24, 2.45) is 0 Å². The van der Waals surface area contributed by atoms with E-state index in [-0.39, 0.29) is 0 Å². The van der Waals surface area contributed by atoms with E-state index >= 15 is 0 Å². The van der Waals surface area contributed by atoms with Crippen LogP contribution in [-0.4, -0.2) is 12.2 Å². The van der Waals surface area contributed by atoms with E-state index in [9.17, 15) is 27.1 Å². The summed E-state index contributed by atoms with van der Waals surface area (Å²) in [7, 11) is 1.43. The number of ether oxygens (including phenoxy) is 1. The summed E-state index contributed by atoms with van der Waals surface area (Å²) in [5.74, 6) is -11.2. The highest BCUT2D eigenvalue weighted by Gasteiger charge is 2.33. The minimum Gasteiger partial charge on any atom is -0.497 e.